The number of rotatable bonds is 4. The summed E-state index contributed by atoms with van der Waals surface area (Å²) in [4.78, 5) is 29.3. The van der Waals surface area contributed by atoms with Gasteiger partial charge in [-0.25, -0.2) is 4.79 Å². The number of carbonyl (C=O) groups excluding carboxylic acids is 1. The Morgan fingerprint density at radius 2 is 1.67 bits per heavy atom. The van der Waals surface area contributed by atoms with Crippen LogP contribution in [-0.2, 0) is 4.79 Å². The van der Waals surface area contributed by atoms with E-state index in [1.807, 2.05) is 4.90 Å². The summed E-state index contributed by atoms with van der Waals surface area (Å²) in [6.45, 7) is 7.77. The van der Waals surface area contributed by atoms with E-state index in [0.29, 0.717) is 12.0 Å². The summed E-state index contributed by atoms with van der Waals surface area (Å²) in [6.07, 6.45) is 3.39. The van der Waals surface area contributed by atoms with Crippen molar-refractivity contribution in [1.82, 2.24) is 14.7 Å². The summed E-state index contributed by atoms with van der Waals surface area (Å²) >= 11 is 0. The van der Waals surface area contributed by atoms with Crippen LogP contribution < -0.4 is 0 Å². The van der Waals surface area contributed by atoms with Gasteiger partial charge >= 0.3 is 6.09 Å². The fourth-order valence-electron chi connectivity index (χ4n) is 5.74. The monoisotopic (exact) mass is 335 g/mol. The van der Waals surface area contributed by atoms with Gasteiger partial charge in [-0.2, -0.15) is 0 Å². The van der Waals surface area contributed by atoms with E-state index in [9.17, 15) is 14.7 Å². The second-order valence-electron chi connectivity index (χ2n) is 8.20. The number of nitrogens with zero attached hydrogens (tertiary/aromatic N) is 3. The van der Waals surface area contributed by atoms with E-state index in [4.69, 9.17) is 0 Å². The highest BCUT2D eigenvalue weighted by molar-refractivity contribution is 5.73. The van der Waals surface area contributed by atoms with Crippen LogP contribution in [0.4, 0.5) is 4.79 Å². The zero-order chi connectivity index (χ0) is 17.0. The van der Waals surface area contributed by atoms with Gasteiger partial charge in [0, 0.05) is 51.2 Å². The van der Waals surface area contributed by atoms with Gasteiger partial charge in [0.15, 0.2) is 0 Å². The Balaban J connectivity index is 1.30. The molecule has 1 N–H and O–H groups in total. The Labute approximate surface area is 143 Å². The molecule has 6 heteroatoms. The van der Waals surface area contributed by atoms with Crippen molar-refractivity contribution in [3.05, 3.63) is 0 Å². The lowest BCUT2D eigenvalue weighted by Gasteiger charge is -2.41. The molecule has 0 aromatic carbocycles. The standard InChI is InChI=1S/C18H29N3O3/c1-3-19(11(2)22)8-15-16-9-20(10-17(15)16)14-6-12-4-5-13(7-14)21(12)18(23)24/h12-17H,3-10H2,1-2H3,(H,23,24)/t12?,13?,14?,15?,16-,17+. The summed E-state index contributed by atoms with van der Waals surface area (Å²) in [5, 5.41) is 9.39. The molecule has 24 heavy (non-hydrogen) atoms. The molecule has 0 radical (unpaired) electrons. The summed E-state index contributed by atoms with van der Waals surface area (Å²) < 4.78 is 0. The number of piperidine rings is 2. The number of hydrogen-bond donors (Lipinski definition) is 1. The number of carbonyl (C=O) groups is 2. The first-order valence-corrected chi connectivity index (χ1v) is 9.50. The maximum Gasteiger partial charge on any atom is 0.407 e. The Kier molecular flexibility index (Phi) is 3.98. The number of carboxylic acid groups (broad SMARTS) is 1. The van der Waals surface area contributed by atoms with Crippen LogP contribution in [-0.4, -0.2) is 76.1 Å². The average Bonchev–Trinajstić information content (AvgIpc) is 2.88. The summed E-state index contributed by atoms with van der Waals surface area (Å²) in [5.74, 6) is 2.40. The minimum atomic E-state index is -0.728. The molecule has 0 aromatic rings. The van der Waals surface area contributed by atoms with Gasteiger partial charge in [-0.15, -0.1) is 0 Å². The molecular weight excluding hydrogens is 306 g/mol. The second-order valence-corrected chi connectivity index (χ2v) is 8.20. The summed E-state index contributed by atoms with van der Waals surface area (Å²) in [7, 11) is 0. The molecule has 0 spiro atoms. The highest BCUT2D eigenvalue weighted by atomic mass is 16.4. The number of likely N-dealkylation sites (tertiary alicyclic amines) is 1. The molecule has 3 heterocycles. The van der Waals surface area contributed by atoms with E-state index in [1.54, 1.807) is 11.8 Å². The third-order valence-electron chi connectivity index (χ3n) is 7.10. The van der Waals surface area contributed by atoms with Crippen molar-refractivity contribution in [2.45, 2.75) is 57.7 Å². The minimum absolute atomic E-state index is 0.192. The molecule has 134 valence electrons. The minimum Gasteiger partial charge on any atom is -0.465 e. The predicted octanol–water partition coefficient (Wildman–Crippen LogP) is 1.71. The number of amides is 2. The van der Waals surface area contributed by atoms with Crippen LogP contribution in [0, 0.1) is 17.8 Å². The van der Waals surface area contributed by atoms with Crippen molar-refractivity contribution in [2.24, 2.45) is 17.8 Å². The first-order valence-electron chi connectivity index (χ1n) is 9.50. The topological polar surface area (TPSA) is 64.1 Å². The lowest BCUT2D eigenvalue weighted by atomic mass is 9.96. The second kappa shape index (κ2) is 5.90. The first-order chi connectivity index (χ1) is 11.5. The van der Waals surface area contributed by atoms with Gasteiger partial charge in [0.1, 0.15) is 0 Å². The fraction of sp³-hybridized carbons (Fsp3) is 0.889. The number of fused-ring (bicyclic) bond motifs is 3. The van der Waals surface area contributed by atoms with Crippen LogP contribution >= 0.6 is 0 Å². The quantitative estimate of drug-likeness (QED) is 0.849. The van der Waals surface area contributed by atoms with Gasteiger partial charge in [-0.05, 0) is 50.4 Å². The van der Waals surface area contributed by atoms with Crippen molar-refractivity contribution in [2.75, 3.05) is 26.2 Å². The molecule has 1 saturated carbocycles. The normalized spacial score (nSPS) is 40.5. The zero-order valence-corrected chi connectivity index (χ0v) is 14.7. The van der Waals surface area contributed by atoms with Crippen molar-refractivity contribution >= 4 is 12.0 Å². The molecular formula is C18H29N3O3. The third kappa shape index (κ3) is 2.59. The maximum absolute atomic E-state index is 11.6. The van der Waals surface area contributed by atoms with Gasteiger partial charge in [0.05, 0.1) is 0 Å². The Morgan fingerprint density at radius 1 is 1.08 bits per heavy atom. The van der Waals surface area contributed by atoms with E-state index in [0.717, 1.165) is 63.7 Å². The molecule has 3 aliphatic heterocycles. The molecule has 4 fully saturated rings. The van der Waals surface area contributed by atoms with E-state index in [2.05, 4.69) is 11.8 Å². The molecule has 5 atom stereocenters. The molecule has 3 unspecified atom stereocenters. The van der Waals surface area contributed by atoms with Crippen LogP contribution in [0.25, 0.3) is 0 Å². The summed E-state index contributed by atoms with van der Waals surface area (Å²) in [5.41, 5.74) is 0. The Bertz CT molecular complexity index is 514. The molecule has 2 amide bonds. The van der Waals surface area contributed by atoms with E-state index in [1.165, 1.54) is 0 Å². The Hall–Kier alpha value is -1.30. The fourth-order valence-corrected chi connectivity index (χ4v) is 5.74. The molecule has 0 aromatic heterocycles. The largest absolute Gasteiger partial charge is 0.465 e. The predicted molar refractivity (Wildman–Crippen MR) is 89.7 cm³/mol. The molecule has 3 saturated heterocycles. The number of hydrogen-bond acceptors (Lipinski definition) is 3. The van der Waals surface area contributed by atoms with E-state index in [-0.39, 0.29) is 18.0 Å². The van der Waals surface area contributed by atoms with Gasteiger partial charge in [-0.1, -0.05) is 0 Å². The van der Waals surface area contributed by atoms with Gasteiger partial charge in [0.25, 0.3) is 0 Å². The highest BCUT2D eigenvalue weighted by Gasteiger charge is 2.57. The van der Waals surface area contributed by atoms with Crippen molar-refractivity contribution in [3.8, 4) is 0 Å². The SMILES string of the molecule is CCN(CC1[C@H]2CN(C3CC4CCC(C3)N4C(=O)O)C[C@@H]12)C(C)=O. The molecule has 1 aliphatic carbocycles. The smallest absolute Gasteiger partial charge is 0.407 e. The van der Waals surface area contributed by atoms with Gasteiger partial charge < -0.3 is 14.9 Å². The van der Waals surface area contributed by atoms with Crippen LogP contribution in [0.2, 0.25) is 0 Å². The van der Waals surface area contributed by atoms with E-state index < -0.39 is 6.09 Å². The lowest BCUT2D eigenvalue weighted by Crippen LogP contribution is -2.52. The summed E-state index contributed by atoms with van der Waals surface area (Å²) in [6, 6.07) is 1.06. The maximum atomic E-state index is 11.6. The van der Waals surface area contributed by atoms with Crippen LogP contribution in [0.3, 0.4) is 0 Å². The Morgan fingerprint density at radius 3 is 2.12 bits per heavy atom. The molecule has 6 nitrogen and oxygen atoms in total. The highest BCUT2D eigenvalue weighted by Crippen LogP contribution is 2.53. The first kappa shape index (κ1) is 16.2. The van der Waals surface area contributed by atoms with Crippen molar-refractivity contribution in [1.29, 1.82) is 0 Å². The van der Waals surface area contributed by atoms with Crippen LogP contribution in [0.5, 0.6) is 0 Å². The molecule has 4 rings (SSSR count). The molecule has 2 bridgehead atoms. The van der Waals surface area contributed by atoms with Gasteiger partial charge in [0.2, 0.25) is 5.91 Å². The lowest BCUT2D eigenvalue weighted by molar-refractivity contribution is -0.129. The van der Waals surface area contributed by atoms with Crippen LogP contribution in [0.15, 0.2) is 0 Å². The van der Waals surface area contributed by atoms with Crippen molar-refractivity contribution < 1.29 is 14.7 Å². The van der Waals surface area contributed by atoms with E-state index >= 15 is 0 Å². The van der Waals surface area contributed by atoms with Crippen molar-refractivity contribution in [3.63, 3.8) is 0 Å². The zero-order valence-electron chi connectivity index (χ0n) is 14.7. The molecule has 4 aliphatic rings. The van der Waals surface area contributed by atoms with Gasteiger partial charge in [-0.3, -0.25) is 9.69 Å². The third-order valence-corrected chi connectivity index (χ3v) is 7.10. The van der Waals surface area contributed by atoms with Crippen LogP contribution in [0.1, 0.15) is 39.5 Å². The average molecular weight is 335 g/mol.